The van der Waals surface area contributed by atoms with Crippen molar-refractivity contribution in [2.75, 3.05) is 44.7 Å². The highest BCUT2D eigenvalue weighted by Gasteiger charge is 2.37. The van der Waals surface area contributed by atoms with Crippen LogP contribution in [0.5, 0.6) is 0 Å². The number of aryl methyl sites for hydroxylation is 4. The van der Waals surface area contributed by atoms with Crippen LogP contribution in [0.3, 0.4) is 0 Å². The number of aromatic nitrogens is 4. The number of hydrogen-bond acceptors (Lipinski definition) is 12. The van der Waals surface area contributed by atoms with Gasteiger partial charge in [-0.3, -0.25) is 9.59 Å². The molecular weight excluding hydrogens is 1130 g/mol. The SMILES string of the molecule is Cc1ccc(C(=O)Nc2ccc(C)c(-c3nc(N4CCC(N)CC4)nc4c3CNC(=O)N4c3c(F)cccc3F)c2)cc1F.Cc1ccc(C(=O)Nc2ccc(C)c(-c3nc(S(C)(=O)=O)nc4c3CNC(=O)N4c3c(F)cccc3F)c2)cc1F. The molecular formula is C60H52F6N12O6S. The lowest BCUT2D eigenvalue weighted by Gasteiger charge is -2.34. The third kappa shape index (κ3) is 11.9. The number of hydrogen-bond donors (Lipinski definition) is 5. The fourth-order valence-electron chi connectivity index (χ4n) is 9.74. The smallest absolute Gasteiger partial charge is 0.328 e. The van der Waals surface area contributed by atoms with E-state index in [4.69, 9.17) is 15.7 Å². The monoisotopic (exact) mass is 1180 g/mol. The Balaban J connectivity index is 0.000000190. The summed E-state index contributed by atoms with van der Waals surface area (Å²) in [6.07, 6.45) is 2.25. The van der Waals surface area contributed by atoms with E-state index in [0.717, 1.165) is 53.1 Å². The number of amides is 6. The van der Waals surface area contributed by atoms with Gasteiger partial charge in [-0.25, -0.2) is 64.1 Å². The normalized spacial score (nSPS) is 14.1. The average Bonchev–Trinajstić information content (AvgIpc) is 1.05. The molecule has 3 aliphatic heterocycles. The average molecular weight is 1180 g/mol. The van der Waals surface area contributed by atoms with E-state index >= 15 is 8.78 Å². The molecule has 5 heterocycles. The molecule has 1 fully saturated rings. The maximum absolute atomic E-state index is 15.1. The van der Waals surface area contributed by atoms with Crippen molar-refractivity contribution in [2.24, 2.45) is 5.73 Å². The van der Waals surface area contributed by atoms with Gasteiger partial charge in [0.1, 0.15) is 46.3 Å². The minimum atomic E-state index is -4.07. The van der Waals surface area contributed by atoms with E-state index in [2.05, 4.69) is 31.2 Å². The van der Waals surface area contributed by atoms with Crippen LogP contribution in [0, 0.1) is 62.6 Å². The Bertz CT molecular complexity index is 4150. The summed E-state index contributed by atoms with van der Waals surface area (Å²) in [6.45, 7) is 7.69. The standard InChI is InChI=1S/C32H30F3N7O2.C28H22F3N5O4S/c1-17-7-9-21(38-30(43)19-8-6-18(2)26(35)14-19)15-22(17)27-23-16-37-32(44)42(28-24(33)4-3-5-25(28)34)29(23)40-31(39-27)41-12-10-20(36)11-13-41;1-14-8-10-17(33-26(37)16-9-7-15(2)22(31)11-16)12-18(14)23-19-13-32-28(38)36(24-20(29)5-4-6-21(24)30)25(19)35-27(34-23)41(3,39)40/h3-9,14-15,20H,10-13,16,36H2,1-2H3,(H,37,44)(H,38,43);4-12H,13H2,1-3H3,(H,32,38)(H,33,37). The Morgan fingerprint density at radius 2 is 0.965 bits per heavy atom. The van der Waals surface area contributed by atoms with Crippen LogP contribution in [-0.2, 0) is 22.9 Å². The van der Waals surface area contributed by atoms with E-state index in [0.29, 0.717) is 75.6 Å². The molecule has 85 heavy (non-hydrogen) atoms. The lowest BCUT2D eigenvalue weighted by molar-refractivity contribution is 0.101. The molecule has 0 aliphatic carbocycles. The molecule has 0 saturated carbocycles. The van der Waals surface area contributed by atoms with Crippen LogP contribution in [0.15, 0.2) is 114 Å². The number of sulfone groups is 1. The van der Waals surface area contributed by atoms with Gasteiger partial charge in [0.05, 0.1) is 24.5 Å². The summed E-state index contributed by atoms with van der Waals surface area (Å²) in [5.74, 6) is -6.07. The number of nitrogens with two attached hydrogens (primary N) is 1. The van der Waals surface area contributed by atoms with Gasteiger partial charge in [0.15, 0.2) is 11.6 Å². The molecule has 8 aromatic rings. The number of nitrogens with one attached hydrogen (secondary N) is 4. The Hall–Kier alpha value is -9.75. The summed E-state index contributed by atoms with van der Waals surface area (Å²) in [5.41, 5.74) is 10.1. The maximum atomic E-state index is 15.1. The number of rotatable bonds is 10. The molecule has 18 nitrogen and oxygen atoms in total. The molecule has 3 aliphatic rings. The number of piperidine rings is 1. The van der Waals surface area contributed by atoms with Crippen molar-refractivity contribution < 1.29 is 53.9 Å². The van der Waals surface area contributed by atoms with Crippen molar-refractivity contribution >= 4 is 74.0 Å². The minimum absolute atomic E-state index is 0.000103. The molecule has 0 spiro atoms. The van der Waals surface area contributed by atoms with Gasteiger partial charge in [0.2, 0.25) is 20.9 Å². The summed E-state index contributed by atoms with van der Waals surface area (Å²) >= 11 is 0. The molecule has 1 saturated heterocycles. The van der Waals surface area contributed by atoms with Gasteiger partial charge in [-0.2, -0.15) is 9.97 Å². The molecule has 25 heteroatoms. The maximum Gasteiger partial charge on any atom is 0.328 e. The molecule has 0 atom stereocenters. The number of benzene rings is 6. The third-order valence-electron chi connectivity index (χ3n) is 14.4. The fraction of sp³-hybridized carbons (Fsp3) is 0.200. The molecule has 2 aromatic heterocycles. The highest BCUT2D eigenvalue weighted by atomic mass is 32.2. The molecule has 6 amide bonds. The molecule has 6 N–H and O–H groups in total. The van der Waals surface area contributed by atoms with Gasteiger partial charge in [0, 0.05) is 70.1 Å². The van der Waals surface area contributed by atoms with E-state index in [1.165, 1.54) is 36.4 Å². The van der Waals surface area contributed by atoms with Crippen molar-refractivity contribution in [3.05, 3.63) is 189 Å². The van der Waals surface area contributed by atoms with Crippen molar-refractivity contribution in [3.8, 4) is 22.5 Å². The van der Waals surface area contributed by atoms with Crippen LogP contribution in [0.2, 0.25) is 0 Å². The van der Waals surface area contributed by atoms with Crippen LogP contribution >= 0.6 is 0 Å². The molecule has 0 bridgehead atoms. The lowest BCUT2D eigenvalue weighted by Crippen LogP contribution is -2.44. The van der Waals surface area contributed by atoms with Crippen LogP contribution in [0.1, 0.15) is 66.9 Å². The van der Waals surface area contributed by atoms with Crippen molar-refractivity contribution in [3.63, 3.8) is 0 Å². The summed E-state index contributed by atoms with van der Waals surface area (Å²) in [4.78, 5) is 73.3. The topological polar surface area (TPSA) is 238 Å². The highest BCUT2D eigenvalue weighted by Crippen LogP contribution is 2.42. The van der Waals surface area contributed by atoms with E-state index in [9.17, 15) is 45.2 Å². The zero-order valence-electron chi connectivity index (χ0n) is 46.0. The molecule has 436 valence electrons. The number of para-hydroxylation sites is 2. The van der Waals surface area contributed by atoms with Gasteiger partial charge in [0.25, 0.3) is 11.8 Å². The van der Waals surface area contributed by atoms with Crippen LogP contribution in [0.25, 0.3) is 22.5 Å². The van der Waals surface area contributed by atoms with Gasteiger partial charge in [-0.1, -0.05) is 36.4 Å². The third-order valence-corrected chi connectivity index (χ3v) is 15.3. The van der Waals surface area contributed by atoms with E-state index in [1.54, 1.807) is 57.2 Å². The van der Waals surface area contributed by atoms with Crippen LogP contribution < -0.4 is 41.7 Å². The van der Waals surface area contributed by atoms with Gasteiger partial charge >= 0.3 is 12.1 Å². The lowest BCUT2D eigenvalue weighted by atomic mass is 9.99. The Morgan fingerprint density at radius 1 is 0.553 bits per heavy atom. The number of nitrogens with zero attached hydrogens (tertiary/aromatic N) is 7. The van der Waals surface area contributed by atoms with Gasteiger partial charge in [-0.05, 0) is 136 Å². The highest BCUT2D eigenvalue weighted by molar-refractivity contribution is 7.90. The predicted octanol–water partition coefficient (Wildman–Crippen LogP) is 10.9. The summed E-state index contributed by atoms with van der Waals surface area (Å²) in [6, 6.07) is 23.1. The predicted molar refractivity (Wildman–Crippen MR) is 307 cm³/mol. The Labute approximate surface area is 483 Å². The Kier molecular flexibility index (Phi) is 16.1. The second-order valence-electron chi connectivity index (χ2n) is 20.5. The summed E-state index contributed by atoms with van der Waals surface area (Å²) < 4.78 is 113. The quantitative estimate of drug-likeness (QED) is 0.0635. The number of carbonyl (C=O) groups is 4. The number of urea groups is 2. The van der Waals surface area contributed by atoms with E-state index < -0.39 is 85.1 Å². The second kappa shape index (κ2) is 23.5. The first kappa shape index (κ1) is 58.4. The number of halogens is 6. The number of anilines is 7. The van der Waals surface area contributed by atoms with Crippen LogP contribution in [-0.4, -0.2) is 77.6 Å². The first-order valence-corrected chi connectivity index (χ1v) is 28.3. The van der Waals surface area contributed by atoms with Crippen LogP contribution in [0.4, 0.5) is 76.3 Å². The molecule has 6 aromatic carbocycles. The number of fused-ring (bicyclic) bond motifs is 2. The summed E-state index contributed by atoms with van der Waals surface area (Å²) in [5, 5.41) is 10.0. The zero-order valence-corrected chi connectivity index (χ0v) is 46.9. The van der Waals surface area contributed by atoms with Crippen molar-refractivity contribution in [2.45, 2.75) is 64.8 Å². The molecule has 11 rings (SSSR count). The van der Waals surface area contributed by atoms with E-state index in [1.807, 2.05) is 11.8 Å². The second-order valence-corrected chi connectivity index (χ2v) is 22.4. The van der Waals surface area contributed by atoms with Crippen molar-refractivity contribution in [1.82, 2.24) is 30.6 Å². The number of carbonyl (C=O) groups excluding carboxylic acids is 4. The Morgan fingerprint density at radius 3 is 1.39 bits per heavy atom. The van der Waals surface area contributed by atoms with Gasteiger partial charge < -0.3 is 31.9 Å². The minimum Gasteiger partial charge on any atom is -0.341 e. The van der Waals surface area contributed by atoms with Gasteiger partial charge in [-0.15, -0.1) is 0 Å². The zero-order chi connectivity index (χ0) is 60.8. The fourth-order valence-corrected chi connectivity index (χ4v) is 10.3. The van der Waals surface area contributed by atoms with Crippen molar-refractivity contribution in [1.29, 1.82) is 0 Å². The van der Waals surface area contributed by atoms with E-state index in [-0.39, 0.29) is 64.8 Å². The largest absolute Gasteiger partial charge is 0.341 e. The molecule has 0 radical (unpaired) electrons. The molecule has 0 unspecified atom stereocenters. The summed E-state index contributed by atoms with van der Waals surface area (Å²) in [7, 11) is -4.07. The first-order valence-electron chi connectivity index (χ1n) is 26.4. The first-order chi connectivity index (χ1) is 40.4.